The van der Waals surface area contributed by atoms with E-state index in [2.05, 4.69) is 20.9 Å². The lowest BCUT2D eigenvalue weighted by molar-refractivity contribution is -0.142. The van der Waals surface area contributed by atoms with Crippen LogP contribution < -0.4 is 33.2 Å². The van der Waals surface area contributed by atoms with Crippen LogP contribution in [0.2, 0.25) is 0 Å². The summed E-state index contributed by atoms with van der Waals surface area (Å²) < 4.78 is 0. The van der Waals surface area contributed by atoms with Gasteiger partial charge in [0.05, 0.1) is 10.9 Å². The van der Waals surface area contributed by atoms with Gasteiger partial charge in [-0.25, -0.2) is 0 Å². The molecule has 0 spiro atoms. The molecule has 332 valence electrons. The maximum absolute atomic E-state index is 14.7. The molecular weight excluding hydrogens is 827 g/mol. The molecule has 5 amide bonds. The monoisotopic (exact) mass is 885 g/mol. The molecule has 7 rings (SSSR count). The minimum atomic E-state index is -1.15. The van der Waals surface area contributed by atoms with Crippen molar-refractivity contribution in [3.8, 4) is 0 Å². The van der Waals surface area contributed by atoms with Crippen molar-refractivity contribution in [1.29, 1.82) is 0 Å². The Hall–Kier alpha value is -5.03. The number of nitrogens with zero attached hydrogens (tertiary/aromatic N) is 3. The molecule has 2 aliphatic carbocycles. The van der Waals surface area contributed by atoms with Gasteiger partial charge in [0.1, 0.15) is 28.7 Å². The number of allylic oxidation sites excluding steroid dienone is 1. The number of ketones is 1. The summed E-state index contributed by atoms with van der Waals surface area (Å²) in [4.78, 5) is 96.7. The average molecular weight is 886 g/mol. The predicted molar refractivity (Wildman–Crippen MR) is 242 cm³/mol. The van der Waals surface area contributed by atoms with Crippen LogP contribution in [0.4, 0.5) is 0 Å². The van der Waals surface area contributed by atoms with Crippen molar-refractivity contribution in [3.63, 3.8) is 0 Å². The molecule has 6 atom stereocenters. The Labute approximate surface area is 370 Å². The minimum absolute atomic E-state index is 0.0705. The summed E-state index contributed by atoms with van der Waals surface area (Å²) >= 11 is 2.87. The topological polar surface area (TPSA) is 245 Å². The number of aliphatic imine (C=N–C) groups is 2. The molecule has 1 saturated carbocycles. The van der Waals surface area contributed by atoms with Gasteiger partial charge in [-0.05, 0) is 85.1 Å². The fourth-order valence-electron chi connectivity index (χ4n) is 9.51. The highest BCUT2D eigenvalue weighted by molar-refractivity contribution is 8.15. The number of guanidine groups is 1. The number of hydrogen-bond donors (Lipinski definition) is 6. The fraction of sp³-hybridized carbons (Fsp3) is 0.556. The summed E-state index contributed by atoms with van der Waals surface area (Å²) in [6.07, 6.45) is 10.0. The SMILES string of the molecule is C[C@@]12CSC(=N1)c1cc(cs1)C[C@@H](C(N)=O)NC(=O)[C@H](CCCN=C(N)N)NC(=O)[C@H](CC1=CCc3ccccc31)NC(=O)[C@@H](CC1CCCCC1)CC(=O)C1CCCN1C2=O. The lowest BCUT2D eigenvalue weighted by atomic mass is 9.80. The largest absolute Gasteiger partial charge is 0.370 e. The van der Waals surface area contributed by atoms with E-state index in [1.807, 2.05) is 41.8 Å². The van der Waals surface area contributed by atoms with E-state index in [0.29, 0.717) is 49.4 Å². The molecule has 1 aromatic heterocycles. The molecule has 1 aromatic carbocycles. The van der Waals surface area contributed by atoms with Gasteiger partial charge in [-0.1, -0.05) is 62.4 Å². The molecule has 5 aliphatic rings. The number of nitrogens with one attached hydrogen (secondary N) is 3. The van der Waals surface area contributed by atoms with Crippen LogP contribution in [-0.4, -0.2) is 99.8 Å². The third-order valence-electron chi connectivity index (χ3n) is 12.9. The third kappa shape index (κ3) is 10.8. The molecule has 3 aliphatic heterocycles. The quantitative estimate of drug-likeness (QED) is 0.123. The zero-order valence-electron chi connectivity index (χ0n) is 35.4. The smallest absolute Gasteiger partial charge is 0.251 e. The highest BCUT2D eigenvalue weighted by atomic mass is 32.2. The first-order valence-corrected chi connectivity index (χ1v) is 23.8. The van der Waals surface area contributed by atoms with Gasteiger partial charge in [-0.3, -0.25) is 38.8 Å². The summed E-state index contributed by atoms with van der Waals surface area (Å²) in [6.45, 7) is 2.41. The van der Waals surface area contributed by atoms with Gasteiger partial charge in [0.2, 0.25) is 23.6 Å². The third-order valence-corrected chi connectivity index (χ3v) is 15.3. The lowest BCUT2D eigenvalue weighted by Gasteiger charge is -2.32. The number of benzene rings is 1. The van der Waals surface area contributed by atoms with Gasteiger partial charge < -0.3 is 38.1 Å². The van der Waals surface area contributed by atoms with Gasteiger partial charge in [0.15, 0.2) is 11.7 Å². The van der Waals surface area contributed by atoms with Crippen LogP contribution in [-0.2, 0) is 41.6 Å². The van der Waals surface area contributed by atoms with E-state index in [1.165, 1.54) is 23.1 Å². The molecule has 15 nitrogen and oxygen atoms in total. The van der Waals surface area contributed by atoms with E-state index in [1.54, 1.807) is 11.8 Å². The van der Waals surface area contributed by atoms with E-state index >= 15 is 0 Å². The van der Waals surface area contributed by atoms with Crippen LogP contribution in [0.15, 0.2) is 51.8 Å². The Morgan fingerprint density at radius 3 is 2.47 bits per heavy atom. The number of primary amides is 1. The molecule has 2 fully saturated rings. The normalized spacial score (nSPS) is 27.7. The zero-order valence-corrected chi connectivity index (χ0v) is 37.0. The fourth-order valence-corrected chi connectivity index (χ4v) is 11.7. The maximum Gasteiger partial charge on any atom is 0.251 e. The number of Topliss-reactive ketones (excluding diaryl/α,β-unsaturated/α-hetero) is 1. The van der Waals surface area contributed by atoms with Crippen molar-refractivity contribution < 1.29 is 28.8 Å². The Morgan fingerprint density at radius 2 is 1.69 bits per heavy atom. The Bertz CT molecular complexity index is 2140. The Balaban J connectivity index is 1.25. The zero-order chi connectivity index (χ0) is 44.0. The number of thiophene rings is 1. The number of amides is 5. The van der Waals surface area contributed by atoms with Gasteiger partial charge in [0.25, 0.3) is 5.91 Å². The van der Waals surface area contributed by atoms with Crippen molar-refractivity contribution >= 4 is 75.0 Å². The molecule has 4 heterocycles. The molecule has 1 unspecified atom stereocenters. The van der Waals surface area contributed by atoms with Crippen molar-refractivity contribution in [2.75, 3.05) is 18.8 Å². The number of thioether (sulfide) groups is 1. The van der Waals surface area contributed by atoms with Gasteiger partial charge >= 0.3 is 0 Å². The van der Waals surface area contributed by atoms with Crippen LogP contribution in [0.1, 0.15) is 106 Å². The maximum atomic E-state index is 14.7. The summed E-state index contributed by atoms with van der Waals surface area (Å²) in [5, 5.41) is 11.3. The van der Waals surface area contributed by atoms with E-state index < -0.39 is 59.3 Å². The second-order valence-corrected chi connectivity index (χ2v) is 19.5. The van der Waals surface area contributed by atoms with Crippen molar-refractivity contribution in [3.05, 3.63) is 63.4 Å². The number of carbonyl (C=O) groups is 6. The minimum Gasteiger partial charge on any atom is -0.370 e. The van der Waals surface area contributed by atoms with Gasteiger partial charge in [-0.2, -0.15) is 0 Å². The van der Waals surface area contributed by atoms with Crippen molar-refractivity contribution in [2.24, 2.45) is 39.0 Å². The van der Waals surface area contributed by atoms with E-state index in [9.17, 15) is 28.8 Å². The van der Waals surface area contributed by atoms with Crippen LogP contribution in [0.5, 0.6) is 0 Å². The Morgan fingerprint density at radius 1 is 0.935 bits per heavy atom. The summed E-state index contributed by atoms with van der Waals surface area (Å²) in [5.41, 5.74) is 19.6. The van der Waals surface area contributed by atoms with E-state index in [4.69, 9.17) is 22.2 Å². The first-order chi connectivity index (χ1) is 29.8. The predicted octanol–water partition coefficient (Wildman–Crippen LogP) is 3.12. The van der Waals surface area contributed by atoms with E-state index in [-0.39, 0.29) is 55.8 Å². The standard InChI is InChI=1S/C45H59N9O6S2/c1-45-25-62-42(53-45)37-21-27(24-61-37)20-33(38(46)56)51-40(58)32(13-7-17-49-44(47)48)50-41(59)34(22-29-16-15-28-11-5-6-12-31(28)29)52-39(57)30(19-26-9-3-2-4-10-26)23-36(55)35-14-8-18-54(35)43(45)60/h5-6,11-12,16,21,24,26,30,32-35H,2-4,7-10,13-15,17-20,22-23,25H2,1H3,(H2,46,56)(H,50,59)(H,51,58)(H,52,57)(H4,47,48,49)/t30-,32-,33-,34-,35?,45-/m0/s1. The number of rotatable bonds is 9. The number of nitrogens with two attached hydrogens (primary N) is 3. The van der Waals surface area contributed by atoms with Crippen molar-refractivity contribution in [1.82, 2.24) is 20.9 Å². The molecule has 9 N–H and O–H groups in total. The van der Waals surface area contributed by atoms with Gasteiger partial charge in [0, 0.05) is 44.0 Å². The Kier molecular flexibility index (Phi) is 14.5. The first-order valence-electron chi connectivity index (χ1n) is 22.0. The summed E-state index contributed by atoms with van der Waals surface area (Å²) in [7, 11) is 0. The molecular formula is C45H59N9O6S2. The number of carbonyl (C=O) groups excluding carboxylic acids is 6. The van der Waals surface area contributed by atoms with Crippen LogP contribution in [0, 0.1) is 11.8 Å². The number of fused-ring (bicyclic) bond motifs is 6. The van der Waals surface area contributed by atoms with Crippen LogP contribution >= 0.6 is 23.1 Å². The second kappa shape index (κ2) is 20.0. The van der Waals surface area contributed by atoms with Crippen molar-refractivity contribution in [2.45, 2.75) is 127 Å². The summed E-state index contributed by atoms with van der Waals surface area (Å²) in [5.74, 6) is -3.00. The molecule has 4 bridgehead atoms. The molecule has 0 radical (unpaired) electrons. The second-order valence-electron chi connectivity index (χ2n) is 17.6. The van der Waals surface area contributed by atoms with E-state index in [0.717, 1.165) is 59.2 Å². The molecule has 1 saturated heterocycles. The molecule has 62 heavy (non-hydrogen) atoms. The highest BCUT2D eigenvalue weighted by Crippen LogP contribution is 2.38. The lowest BCUT2D eigenvalue weighted by Crippen LogP contribution is -2.57. The highest BCUT2D eigenvalue weighted by Gasteiger charge is 2.46. The first kappa shape index (κ1) is 45.0. The van der Waals surface area contributed by atoms with Gasteiger partial charge in [-0.15, -0.1) is 23.1 Å². The number of hydrogen-bond acceptors (Lipinski definition) is 10. The average Bonchev–Trinajstić information content (AvgIpc) is 4.08. The summed E-state index contributed by atoms with van der Waals surface area (Å²) in [6, 6.07) is 5.71. The molecule has 17 heteroatoms. The molecule has 2 aromatic rings. The van der Waals surface area contributed by atoms with Crippen LogP contribution in [0.3, 0.4) is 0 Å². The van der Waals surface area contributed by atoms with Crippen LogP contribution in [0.25, 0.3) is 5.57 Å².